The van der Waals surface area contributed by atoms with Crippen molar-refractivity contribution in [3.8, 4) is 0 Å². The molecule has 0 radical (unpaired) electrons. The van der Waals surface area contributed by atoms with Crippen LogP contribution in [0, 0.1) is 5.41 Å². The van der Waals surface area contributed by atoms with Gasteiger partial charge >= 0.3 is 6.18 Å². The normalized spacial score (nSPS) is 22.6. The van der Waals surface area contributed by atoms with Crippen LogP contribution in [0.3, 0.4) is 0 Å². The smallest absolute Gasteiger partial charge is 0.430 e. The summed E-state index contributed by atoms with van der Waals surface area (Å²) in [7, 11) is 0. The number of carbonyl (C=O) groups is 1. The first-order valence-electron chi connectivity index (χ1n) is 13.2. The standard InChI is InChI=1S/C29H34NO2.C2HF3O2/c31-29(26-12-6-2-7-13-26,27-14-8-3-9-15-27)28-16-19-30(20-17-28,21-18-28)22-23-32-24-25-10-4-1-5-11-25;3-2(4,5)1(6)7/h1-15,31H,16-24H2;(H,6,7)/q+1;/p-1. The lowest BCUT2D eigenvalue weighted by Crippen LogP contribution is -2.67. The van der Waals surface area contributed by atoms with Crippen molar-refractivity contribution >= 4 is 5.97 Å². The number of halogens is 3. The van der Waals surface area contributed by atoms with Crippen LogP contribution in [0.5, 0.6) is 0 Å². The molecule has 6 rings (SSSR count). The topological polar surface area (TPSA) is 69.6 Å². The van der Waals surface area contributed by atoms with Crippen LogP contribution in [0.15, 0.2) is 91.0 Å². The molecule has 3 saturated heterocycles. The van der Waals surface area contributed by atoms with Crippen molar-refractivity contribution < 1.29 is 37.4 Å². The molecule has 3 aliphatic rings. The molecule has 0 spiro atoms. The van der Waals surface area contributed by atoms with Gasteiger partial charge in [0.15, 0.2) is 0 Å². The summed E-state index contributed by atoms with van der Waals surface area (Å²) in [6.07, 6.45) is -2.05. The van der Waals surface area contributed by atoms with E-state index in [2.05, 4.69) is 72.8 Å². The van der Waals surface area contributed by atoms with Crippen LogP contribution >= 0.6 is 0 Å². The molecule has 39 heavy (non-hydrogen) atoms. The molecule has 3 aliphatic heterocycles. The summed E-state index contributed by atoms with van der Waals surface area (Å²) in [5.74, 6) is -3.01. The number of carbonyl (C=O) groups excluding carboxylic acids is 1. The number of carboxylic acids is 1. The lowest BCUT2D eigenvalue weighted by molar-refractivity contribution is -0.946. The van der Waals surface area contributed by atoms with Gasteiger partial charge in [-0.2, -0.15) is 13.2 Å². The van der Waals surface area contributed by atoms with E-state index in [1.54, 1.807) is 0 Å². The number of fused-ring (bicyclic) bond motifs is 3. The van der Waals surface area contributed by atoms with Gasteiger partial charge in [-0.05, 0) is 16.7 Å². The third-order valence-corrected chi connectivity index (χ3v) is 8.40. The summed E-state index contributed by atoms with van der Waals surface area (Å²) in [6, 6.07) is 31.1. The fraction of sp³-hybridized carbons (Fsp3) is 0.387. The first kappa shape index (κ1) is 28.8. The zero-order valence-electron chi connectivity index (χ0n) is 21.8. The van der Waals surface area contributed by atoms with Crippen LogP contribution in [0.2, 0.25) is 0 Å². The summed E-state index contributed by atoms with van der Waals surface area (Å²) in [5.41, 5.74) is 2.23. The Morgan fingerprint density at radius 1 is 0.821 bits per heavy atom. The molecule has 0 unspecified atom stereocenters. The van der Waals surface area contributed by atoms with E-state index in [1.807, 2.05) is 18.2 Å². The second-order valence-electron chi connectivity index (χ2n) is 10.5. The van der Waals surface area contributed by atoms with Gasteiger partial charge in [-0.25, -0.2) is 0 Å². The fourth-order valence-corrected chi connectivity index (χ4v) is 6.10. The van der Waals surface area contributed by atoms with Gasteiger partial charge in [0.2, 0.25) is 0 Å². The zero-order valence-corrected chi connectivity index (χ0v) is 21.8. The van der Waals surface area contributed by atoms with Crippen LogP contribution in [0.25, 0.3) is 0 Å². The van der Waals surface area contributed by atoms with Crippen molar-refractivity contribution in [1.29, 1.82) is 0 Å². The number of ether oxygens (including phenoxy) is 1. The Hall–Kier alpha value is -3.20. The number of carboxylic acid groups (broad SMARTS) is 1. The Kier molecular flexibility index (Phi) is 8.79. The van der Waals surface area contributed by atoms with Crippen LogP contribution in [0.1, 0.15) is 36.0 Å². The molecule has 5 nitrogen and oxygen atoms in total. The van der Waals surface area contributed by atoms with Gasteiger partial charge in [-0.15, -0.1) is 0 Å². The molecule has 1 N–H and O–H groups in total. The molecule has 3 aromatic carbocycles. The summed E-state index contributed by atoms with van der Waals surface area (Å²) in [5, 5.41) is 21.2. The van der Waals surface area contributed by atoms with Gasteiger partial charge in [0, 0.05) is 24.7 Å². The van der Waals surface area contributed by atoms with Crippen LogP contribution in [-0.4, -0.2) is 54.5 Å². The van der Waals surface area contributed by atoms with E-state index >= 15 is 0 Å². The van der Waals surface area contributed by atoms with Gasteiger partial charge in [0.25, 0.3) is 0 Å². The number of aliphatic carboxylic acids is 1. The van der Waals surface area contributed by atoms with Crippen LogP contribution < -0.4 is 5.11 Å². The summed E-state index contributed by atoms with van der Waals surface area (Å²) < 4.78 is 38.7. The molecule has 2 bridgehead atoms. The van der Waals surface area contributed by atoms with E-state index in [0.29, 0.717) is 6.61 Å². The first-order valence-corrected chi connectivity index (χ1v) is 13.2. The first-order chi connectivity index (χ1) is 18.6. The van der Waals surface area contributed by atoms with E-state index in [9.17, 15) is 18.3 Å². The quantitative estimate of drug-likeness (QED) is 0.338. The molecule has 0 amide bonds. The second-order valence-corrected chi connectivity index (χ2v) is 10.5. The van der Waals surface area contributed by atoms with Crippen molar-refractivity contribution in [2.24, 2.45) is 5.41 Å². The largest absolute Gasteiger partial charge is 0.542 e. The second kappa shape index (κ2) is 11.9. The van der Waals surface area contributed by atoms with Crippen molar-refractivity contribution in [1.82, 2.24) is 0 Å². The van der Waals surface area contributed by atoms with Crippen LogP contribution in [-0.2, 0) is 21.7 Å². The Balaban J connectivity index is 0.000000448. The molecule has 0 atom stereocenters. The van der Waals surface area contributed by atoms with Gasteiger partial charge in [-0.3, -0.25) is 0 Å². The Morgan fingerprint density at radius 3 is 1.64 bits per heavy atom. The average molecular weight is 542 g/mol. The Bertz CT molecular complexity index is 1140. The van der Waals surface area contributed by atoms with Crippen molar-refractivity contribution in [3.63, 3.8) is 0 Å². The monoisotopic (exact) mass is 541 g/mol. The van der Waals surface area contributed by atoms with Gasteiger partial charge in [-0.1, -0.05) is 91.0 Å². The minimum absolute atomic E-state index is 0.111. The predicted molar refractivity (Wildman–Crippen MR) is 139 cm³/mol. The lowest BCUT2D eigenvalue weighted by atomic mass is 9.56. The maximum absolute atomic E-state index is 12.4. The van der Waals surface area contributed by atoms with Crippen molar-refractivity contribution in [2.45, 2.75) is 37.6 Å². The number of piperidine rings is 3. The summed E-state index contributed by atoms with van der Waals surface area (Å²) >= 11 is 0. The number of nitrogens with zero attached hydrogens (tertiary/aromatic N) is 1. The molecule has 0 aromatic heterocycles. The molecule has 208 valence electrons. The lowest BCUT2D eigenvalue weighted by Gasteiger charge is -2.60. The molecule has 0 saturated carbocycles. The van der Waals surface area contributed by atoms with E-state index in [4.69, 9.17) is 14.6 Å². The number of hydrogen-bond acceptors (Lipinski definition) is 4. The van der Waals surface area contributed by atoms with Crippen molar-refractivity contribution in [3.05, 3.63) is 108 Å². The molecule has 3 heterocycles. The average Bonchev–Trinajstić information content (AvgIpc) is 2.97. The number of hydrogen-bond donors (Lipinski definition) is 1. The molecule has 0 aliphatic carbocycles. The maximum Gasteiger partial charge on any atom is 0.430 e. The number of benzene rings is 3. The third-order valence-electron chi connectivity index (χ3n) is 8.40. The zero-order chi connectivity index (χ0) is 28.0. The van der Waals surface area contributed by atoms with Crippen molar-refractivity contribution in [2.75, 3.05) is 32.8 Å². The highest BCUT2D eigenvalue weighted by Crippen LogP contribution is 2.57. The molecule has 8 heteroatoms. The van der Waals surface area contributed by atoms with Gasteiger partial charge < -0.3 is 24.2 Å². The maximum atomic E-state index is 12.4. The molecule has 3 fully saturated rings. The highest BCUT2D eigenvalue weighted by atomic mass is 19.4. The minimum atomic E-state index is -5.19. The summed E-state index contributed by atoms with van der Waals surface area (Å²) in [4.78, 5) is 8.78. The summed E-state index contributed by atoms with van der Waals surface area (Å²) in [6.45, 7) is 5.91. The molecular formula is C31H34F3NO4. The Labute approximate surface area is 227 Å². The van der Waals surface area contributed by atoms with E-state index in [0.717, 1.165) is 67.7 Å². The Morgan fingerprint density at radius 2 is 1.23 bits per heavy atom. The highest BCUT2D eigenvalue weighted by molar-refractivity contribution is 5.70. The fourth-order valence-electron chi connectivity index (χ4n) is 6.10. The number of quaternary nitrogens is 1. The number of alkyl halides is 3. The van der Waals surface area contributed by atoms with E-state index < -0.39 is 17.7 Å². The van der Waals surface area contributed by atoms with Gasteiger partial charge in [0.05, 0.1) is 32.8 Å². The number of aliphatic hydroxyl groups is 1. The van der Waals surface area contributed by atoms with Gasteiger partial charge in [0.1, 0.15) is 18.1 Å². The highest BCUT2D eigenvalue weighted by Gasteiger charge is 2.60. The predicted octanol–water partition coefficient (Wildman–Crippen LogP) is 4.44. The van der Waals surface area contributed by atoms with E-state index in [1.165, 1.54) is 5.56 Å². The number of rotatable bonds is 8. The third kappa shape index (κ3) is 6.35. The van der Waals surface area contributed by atoms with E-state index in [-0.39, 0.29) is 5.41 Å². The minimum Gasteiger partial charge on any atom is -0.542 e. The molecular weight excluding hydrogens is 507 g/mol. The SMILES string of the molecule is O=C([O-])C(F)(F)F.OC(c1ccccc1)(c1ccccc1)C12CC[N+](CCOCc3ccccc3)(CC1)CC2. The van der Waals surface area contributed by atoms with Crippen LogP contribution in [0.4, 0.5) is 13.2 Å². The molecule has 3 aromatic rings.